The molecule has 6 heteroatoms. The second-order valence-corrected chi connectivity index (χ2v) is 7.74. The van der Waals surface area contributed by atoms with Crippen LogP contribution in [0.25, 0.3) is 28.2 Å². The number of hydrogen-bond acceptors (Lipinski definition) is 4. The Labute approximate surface area is 185 Å². The molecule has 6 nitrogen and oxygen atoms in total. The fourth-order valence-corrected chi connectivity index (χ4v) is 4.13. The summed E-state index contributed by atoms with van der Waals surface area (Å²) in [5, 5.41) is 0.492. The second kappa shape index (κ2) is 7.50. The van der Waals surface area contributed by atoms with E-state index in [2.05, 4.69) is 0 Å². The molecule has 0 aliphatic carbocycles. The first-order chi connectivity index (χ1) is 15.5. The Morgan fingerprint density at radius 1 is 0.938 bits per heavy atom. The van der Waals surface area contributed by atoms with E-state index < -0.39 is 0 Å². The van der Waals surface area contributed by atoms with Crippen molar-refractivity contribution < 1.29 is 9.53 Å². The standard InChI is InChI=1S/C26H21N3O3/c1-16-12-13-21-18(14-16)19(25(30)28(21)2)15-24-27-20-9-5-4-8-17(20)26(31)29(24)22-10-6-7-11-23(22)32-3/h4-15H,1-3H3/b19-15-. The molecule has 1 aliphatic rings. The van der Waals surface area contributed by atoms with Gasteiger partial charge in [-0.05, 0) is 49.4 Å². The zero-order chi connectivity index (χ0) is 22.4. The van der Waals surface area contributed by atoms with Gasteiger partial charge in [-0.3, -0.25) is 14.2 Å². The fraction of sp³-hybridized carbons (Fsp3) is 0.115. The lowest BCUT2D eigenvalue weighted by Crippen LogP contribution is -2.24. The van der Waals surface area contributed by atoms with E-state index in [4.69, 9.17) is 9.72 Å². The van der Waals surface area contributed by atoms with Gasteiger partial charge in [0.2, 0.25) is 0 Å². The summed E-state index contributed by atoms with van der Waals surface area (Å²) in [6, 6.07) is 20.4. The monoisotopic (exact) mass is 423 g/mol. The lowest BCUT2D eigenvalue weighted by Gasteiger charge is -2.15. The number of nitrogens with zero attached hydrogens (tertiary/aromatic N) is 3. The molecule has 0 atom stereocenters. The Balaban J connectivity index is 1.85. The Morgan fingerprint density at radius 2 is 1.69 bits per heavy atom. The molecule has 0 radical (unpaired) electrons. The van der Waals surface area contributed by atoms with Crippen molar-refractivity contribution in [1.29, 1.82) is 0 Å². The van der Waals surface area contributed by atoms with E-state index in [1.165, 1.54) is 4.57 Å². The van der Waals surface area contributed by atoms with Gasteiger partial charge in [-0.1, -0.05) is 35.9 Å². The third kappa shape index (κ3) is 3.00. The number of anilines is 1. The van der Waals surface area contributed by atoms with Gasteiger partial charge in [0.25, 0.3) is 11.5 Å². The SMILES string of the molecule is COc1ccccc1-n1c(/C=C2\C(=O)N(C)c3ccc(C)cc32)nc2ccccc2c1=O. The van der Waals surface area contributed by atoms with E-state index in [1.54, 1.807) is 49.4 Å². The molecular weight excluding hydrogens is 402 g/mol. The third-order valence-electron chi connectivity index (χ3n) is 5.74. The summed E-state index contributed by atoms with van der Waals surface area (Å²) in [6.45, 7) is 1.99. The summed E-state index contributed by atoms with van der Waals surface area (Å²) in [5.74, 6) is 0.765. The highest BCUT2D eigenvalue weighted by Gasteiger charge is 2.30. The van der Waals surface area contributed by atoms with Crippen molar-refractivity contribution in [2.75, 3.05) is 19.1 Å². The Morgan fingerprint density at radius 3 is 2.50 bits per heavy atom. The number of carbonyl (C=O) groups is 1. The van der Waals surface area contributed by atoms with Gasteiger partial charge in [0.1, 0.15) is 11.6 Å². The molecule has 0 saturated heterocycles. The zero-order valence-corrected chi connectivity index (χ0v) is 18.0. The highest BCUT2D eigenvalue weighted by Crippen LogP contribution is 2.37. The van der Waals surface area contributed by atoms with Gasteiger partial charge >= 0.3 is 0 Å². The van der Waals surface area contributed by atoms with Crippen molar-refractivity contribution in [3.8, 4) is 11.4 Å². The van der Waals surface area contributed by atoms with Crippen molar-refractivity contribution in [3.63, 3.8) is 0 Å². The quantitative estimate of drug-likeness (QED) is 0.463. The van der Waals surface area contributed by atoms with Crippen LogP contribution in [0, 0.1) is 6.92 Å². The van der Waals surface area contributed by atoms with Gasteiger partial charge in [0, 0.05) is 12.6 Å². The van der Waals surface area contributed by atoms with Crippen LogP contribution in [0.3, 0.4) is 0 Å². The lowest BCUT2D eigenvalue weighted by molar-refractivity contribution is -0.112. The molecule has 1 aromatic heterocycles. The van der Waals surface area contributed by atoms with Gasteiger partial charge in [-0.2, -0.15) is 0 Å². The number of aryl methyl sites for hydroxylation is 1. The first-order valence-corrected chi connectivity index (χ1v) is 10.3. The molecule has 3 aromatic carbocycles. The summed E-state index contributed by atoms with van der Waals surface area (Å²) in [7, 11) is 3.31. The number of benzene rings is 3. The summed E-state index contributed by atoms with van der Waals surface area (Å²) >= 11 is 0. The lowest BCUT2D eigenvalue weighted by atomic mass is 10.0. The molecule has 4 aromatic rings. The Kier molecular flexibility index (Phi) is 4.63. The molecule has 0 N–H and O–H groups in total. The van der Waals surface area contributed by atoms with Gasteiger partial charge < -0.3 is 9.64 Å². The second-order valence-electron chi connectivity index (χ2n) is 7.74. The largest absolute Gasteiger partial charge is 0.495 e. The molecule has 0 fully saturated rings. The average molecular weight is 423 g/mol. The van der Waals surface area contributed by atoms with E-state index in [0.717, 1.165) is 16.8 Å². The third-order valence-corrected chi connectivity index (χ3v) is 5.74. The van der Waals surface area contributed by atoms with E-state index >= 15 is 0 Å². The molecule has 1 aliphatic heterocycles. The summed E-state index contributed by atoms with van der Waals surface area (Å²) in [4.78, 5) is 33.1. The van der Waals surface area contributed by atoms with Crippen LogP contribution in [0.5, 0.6) is 5.75 Å². The minimum absolute atomic E-state index is 0.139. The average Bonchev–Trinajstić information content (AvgIpc) is 3.03. The molecule has 0 saturated carbocycles. The Hall–Kier alpha value is -4.19. The molecule has 32 heavy (non-hydrogen) atoms. The van der Waals surface area contributed by atoms with Crippen LogP contribution < -0.4 is 15.2 Å². The molecule has 2 heterocycles. The number of fused-ring (bicyclic) bond motifs is 2. The maximum atomic E-state index is 13.6. The van der Waals surface area contributed by atoms with Crippen LogP contribution in [0.4, 0.5) is 5.69 Å². The molecule has 158 valence electrons. The number of rotatable bonds is 3. The van der Waals surface area contributed by atoms with Crippen molar-refractivity contribution in [3.05, 3.63) is 94.0 Å². The molecule has 0 unspecified atom stereocenters. The van der Waals surface area contributed by atoms with Crippen molar-refractivity contribution >= 4 is 34.1 Å². The van der Waals surface area contributed by atoms with E-state index in [9.17, 15) is 9.59 Å². The number of para-hydroxylation sites is 3. The fourth-order valence-electron chi connectivity index (χ4n) is 4.13. The molecular formula is C26H21N3O3. The number of hydrogen-bond donors (Lipinski definition) is 0. The highest BCUT2D eigenvalue weighted by atomic mass is 16.5. The first kappa shape index (κ1) is 19.8. The van der Waals surface area contributed by atoms with Crippen LogP contribution in [0.1, 0.15) is 17.0 Å². The van der Waals surface area contributed by atoms with Crippen LogP contribution in [-0.4, -0.2) is 29.6 Å². The number of carbonyl (C=O) groups excluding carboxylic acids is 1. The van der Waals surface area contributed by atoms with Crippen LogP contribution >= 0.6 is 0 Å². The molecule has 0 spiro atoms. The number of aromatic nitrogens is 2. The van der Waals surface area contributed by atoms with Gasteiger partial charge in [-0.25, -0.2) is 4.98 Å². The topological polar surface area (TPSA) is 64.4 Å². The predicted octanol–water partition coefficient (Wildman–Crippen LogP) is 4.22. The maximum Gasteiger partial charge on any atom is 0.266 e. The highest BCUT2D eigenvalue weighted by molar-refractivity contribution is 6.35. The van der Waals surface area contributed by atoms with Crippen molar-refractivity contribution in [2.45, 2.75) is 6.92 Å². The predicted molar refractivity (Wildman–Crippen MR) is 126 cm³/mol. The van der Waals surface area contributed by atoms with Gasteiger partial charge in [-0.15, -0.1) is 0 Å². The Bertz CT molecular complexity index is 1480. The van der Waals surface area contributed by atoms with E-state index in [1.807, 2.05) is 49.4 Å². The molecule has 1 amide bonds. The molecule has 5 rings (SSSR count). The number of amides is 1. The van der Waals surface area contributed by atoms with Crippen LogP contribution in [0.2, 0.25) is 0 Å². The van der Waals surface area contributed by atoms with Crippen molar-refractivity contribution in [1.82, 2.24) is 9.55 Å². The number of ether oxygens (including phenoxy) is 1. The normalized spacial score (nSPS) is 14.3. The van der Waals surface area contributed by atoms with E-state index in [-0.39, 0.29) is 11.5 Å². The maximum absolute atomic E-state index is 13.6. The summed E-state index contributed by atoms with van der Waals surface area (Å²) in [6.07, 6.45) is 1.70. The number of likely N-dealkylation sites (N-methyl/N-ethyl adjacent to an activating group) is 1. The van der Waals surface area contributed by atoms with Crippen LogP contribution in [-0.2, 0) is 4.79 Å². The van der Waals surface area contributed by atoms with E-state index in [0.29, 0.717) is 33.7 Å². The van der Waals surface area contributed by atoms with Crippen LogP contribution in [0.15, 0.2) is 71.5 Å². The van der Waals surface area contributed by atoms with Gasteiger partial charge in [0.15, 0.2) is 0 Å². The smallest absolute Gasteiger partial charge is 0.266 e. The first-order valence-electron chi connectivity index (χ1n) is 10.3. The summed E-state index contributed by atoms with van der Waals surface area (Å²) in [5.41, 5.74) is 4.11. The number of methoxy groups -OCH3 is 1. The minimum atomic E-state index is -0.227. The van der Waals surface area contributed by atoms with Gasteiger partial charge in [0.05, 0.1) is 35.0 Å². The zero-order valence-electron chi connectivity index (χ0n) is 18.0. The minimum Gasteiger partial charge on any atom is -0.495 e. The summed E-state index contributed by atoms with van der Waals surface area (Å²) < 4.78 is 7.03. The molecule has 0 bridgehead atoms. The van der Waals surface area contributed by atoms with Crippen molar-refractivity contribution in [2.24, 2.45) is 0 Å².